The number of carbonyl (C=O) groups excluding carboxylic acids is 2. The number of amides is 2. The van der Waals surface area contributed by atoms with E-state index >= 15 is 0 Å². The number of anilines is 2. The molecule has 152 valence electrons. The molecule has 0 radical (unpaired) electrons. The molecule has 0 spiro atoms. The molecule has 1 aliphatic heterocycles. The molecule has 1 saturated carbocycles. The molecule has 2 aromatic carbocycles. The molecule has 2 N–H and O–H groups in total. The first-order chi connectivity index (χ1) is 14.1. The average Bonchev–Trinajstić information content (AvgIpc) is 3.53. The van der Waals surface area contributed by atoms with Crippen LogP contribution >= 0.6 is 0 Å². The van der Waals surface area contributed by atoms with Crippen LogP contribution < -0.4 is 15.5 Å². The Hall–Kier alpha value is -2.82. The van der Waals surface area contributed by atoms with E-state index in [-0.39, 0.29) is 11.8 Å². The third-order valence-corrected chi connectivity index (χ3v) is 5.77. The highest BCUT2D eigenvalue weighted by Gasteiger charge is 2.27. The van der Waals surface area contributed by atoms with Gasteiger partial charge in [-0.2, -0.15) is 0 Å². The number of rotatable bonds is 6. The van der Waals surface area contributed by atoms with Crippen molar-refractivity contribution in [3.63, 3.8) is 0 Å². The Bertz CT molecular complexity index is 869. The Morgan fingerprint density at radius 3 is 2.41 bits per heavy atom. The summed E-state index contributed by atoms with van der Waals surface area (Å²) in [5.74, 6) is 0.608. The Morgan fingerprint density at radius 1 is 1.00 bits per heavy atom. The van der Waals surface area contributed by atoms with E-state index in [2.05, 4.69) is 22.5 Å². The minimum atomic E-state index is -0.0794. The third kappa shape index (κ3) is 5.17. The van der Waals surface area contributed by atoms with E-state index < -0.39 is 0 Å². The molecule has 0 atom stereocenters. The molecule has 1 aliphatic carbocycles. The highest BCUT2D eigenvalue weighted by Crippen LogP contribution is 2.30. The van der Waals surface area contributed by atoms with Crippen LogP contribution in [0.25, 0.3) is 0 Å². The van der Waals surface area contributed by atoms with Crippen molar-refractivity contribution in [1.82, 2.24) is 5.32 Å². The third-order valence-electron chi connectivity index (χ3n) is 5.77. The van der Waals surface area contributed by atoms with Crippen molar-refractivity contribution in [3.05, 3.63) is 59.7 Å². The second kappa shape index (κ2) is 8.68. The van der Waals surface area contributed by atoms with E-state index in [1.807, 2.05) is 48.5 Å². The van der Waals surface area contributed by atoms with Crippen LogP contribution in [0.5, 0.6) is 0 Å². The van der Waals surface area contributed by atoms with E-state index in [1.54, 1.807) is 0 Å². The number of carbonyl (C=O) groups is 2. The van der Waals surface area contributed by atoms with Gasteiger partial charge in [0, 0.05) is 30.5 Å². The summed E-state index contributed by atoms with van der Waals surface area (Å²) in [6, 6.07) is 15.7. The summed E-state index contributed by atoms with van der Waals surface area (Å²) in [4.78, 5) is 27.7. The van der Waals surface area contributed by atoms with Crippen molar-refractivity contribution in [2.24, 2.45) is 5.92 Å². The number of nitrogens with zero attached hydrogens (tertiary/aromatic N) is 1. The average molecular weight is 392 g/mol. The Kier molecular flexibility index (Phi) is 5.84. The Balaban J connectivity index is 1.52. The maximum Gasteiger partial charge on any atom is 0.253 e. The van der Waals surface area contributed by atoms with Gasteiger partial charge in [0.15, 0.2) is 0 Å². The van der Waals surface area contributed by atoms with Gasteiger partial charge >= 0.3 is 0 Å². The molecule has 1 heterocycles. The fraction of sp³-hybridized carbons (Fsp3) is 0.417. The lowest BCUT2D eigenvalue weighted by molar-refractivity contribution is -0.115. The molecule has 0 bridgehead atoms. The summed E-state index contributed by atoms with van der Waals surface area (Å²) in [6.45, 7) is 4.21. The maximum absolute atomic E-state index is 12.9. The Morgan fingerprint density at radius 2 is 1.72 bits per heavy atom. The summed E-state index contributed by atoms with van der Waals surface area (Å²) in [6.07, 6.45) is 4.69. The smallest absolute Gasteiger partial charge is 0.253 e. The van der Waals surface area contributed by atoms with Gasteiger partial charge in [-0.05, 0) is 55.4 Å². The lowest BCUT2D eigenvalue weighted by Gasteiger charge is -2.33. The standard InChI is InChI=1S/C24H29N3O2/c1-17-11-13-27(14-12-17)22-10-9-20(16-21(22)24(29)26-19-7-8-19)25-23(28)15-18-5-3-2-4-6-18/h2-6,9-10,16-17,19H,7-8,11-15H2,1H3,(H,25,28)(H,26,29). The molecule has 0 unspecified atom stereocenters. The second-order valence-electron chi connectivity index (χ2n) is 8.36. The molecule has 2 fully saturated rings. The zero-order valence-electron chi connectivity index (χ0n) is 17.0. The van der Waals surface area contributed by atoms with Crippen LogP contribution in [0, 0.1) is 5.92 Å². The van der Waals surface area contributed by atoms with E-state index in [0.29, 0.717) is 23.7 Å². The number of nitrogens with one attached hydrogen (secondary N) is 2. The lowest BCUT2D eigenvalue weighted by Crippen LogP contribution is -2.35. The highest BCUT2D eigenvalue weighted by molar-refractivity contribution is 6.02. The van der Waals surface area contributed by atoms with Gasteiger partial charge in [-0.1, -0.05) is 37.3 Å². The summed E-state index contributed by atoms with van der Waals surface area (Å²) in [5, 5.41) is 6.05. The van der Waals surface area contributed by atoms with Crippen LogP contribution in [-0.2, 0) is 11.2 Å². The van der Waals surface area contributed by atoms with E-state index in [1.165, 1.54) is 0 Å². The first kappa shape index (κ1) is 19.5. The highest BCUT2D eigenvalue weighted by atomic mass is 16.2. The van der Waals surface area contributed by atoms with Crippen LogP contribution in [0.3, 0.4) is 0 Å². The maximum atomic E-state index is 12.9. The molecule has 2 aromatic rings. The minimum Gasteiger partial charge on any atom is -0.371 e. The van der Waals surface area contributed by atoms with Gasteiger partial charge in [0.25, 0.3) is 5.91 Å². The second-order valence-corrected chi connectivity index (χ2v) is 8.36. The minimum absolute atomic E-state index is 0.0414. The van der Waals surface area contributed by atoms with E-state index in [0.717, 1.165) is 55.9 Å². The summed E-state index contributed by atoms with van der Waals surface area (Å²) in [5.41, 5.74) is 3.26. The molecule has 1 saturated heterocycles. The SMILES string of the molecule is CC1CCN(c2ccc(NC(=O)Cc3ccccc3)cc2C(=O)NC2CC2)CC1. The van der Waals surface area contributed by atoms with Gasteiger partial charge < -0.3 is 15.5 Å². The molecule has 29 heavy (non-hydrogen) atoms. The van der Waals surface area contributed by atoms with Crippen LogP contribution in [0.2, 0.25) is 0 Å². The van der Waals surface area contributed by atoms with Gasteiger partial charge in [0.1, 0.15) is 0 Å². The molecular formula is C24H29N3O2. The van der Waals surface area contributed by atoms with E-state index in [4.69, 9.17) is 0 Å². The Labute approximate surface area is 172 Å². The largest absolute Gasteiger partial charge is 0.371 e. The number of hydrogen-bond acceptors (Lipinski definition) is 3. The molecular weight excluding hydrogens is 362 g/mol. The summed E-state index contributed by atoms with van der Waals surface area (Å²) in [7, 11) is 0. The van der Waals surface area contributed by atoms with Gasteiger partial charge in [-0.25, -0.2) is 0 Å². The predicted molar refractivity (Wildman–Crippen MR) is 116 cm³/mol. The van der Waals surface area contributed by atoms with Gasteiger partial charge in [0.2, 0.25) is 5.91 Å². The van der Waals surface area contributed by atoms with Crippen molar-refractivity contribution in [2.75, 3.05) is 23.3 Å². The predicted octanol–water partition coefficient (Wildman–Crippen LogP) is 4.00. The number of hydrogen-bond donors (Lipinski definition) is 2. The van der Waals surface area contributed by atoms with Crippen molar-refractivity contribution in [3.8, 4) is 0 Å². The van der Waals surface area contributed by atoms with Crippen molar-refractivity contribution in [1.29, 1.82) is 0 Å². The zero-order valence-corrected chi connectivity index (χ0v) is 17.0. The van der Waals surface area contributed by atoms with E-state index in [9.17, 15) is 9.59 Å². The van der Waals surface area contributed by atoms with Gasteiger partial charge in [-0.15, -0.1) is 0 Å². The van der Waals surface area contributed by atoms with Crippen molar-refractivity contribution in [2.45, 2.75) is 45.1 Å². The van der Waals surface area contributed by atoms with Crippen molar-refractivity contribution < 1.29 is 9.59 Å². The number of benzene rings is 2. The molecule has 2 aliphatic rings. The molecule has 4 rings (SSSR count). The lowest BCUT2D eigenvalue weighted by atomic mass is 9.97. The van der Waals surface area contributed by atoms with Crippen LogP contribution in [0.15, 0.2) is 48.5 Å². The molecule has 0 aromatic heterocycles. The first-order valence-corrected chi connectivity index (χ1v) is 10.6. The molecule has 5 heteroatoms. The first-order valence-electron chi connectivity index (χ1n) is 10.6. The quantitative estimate of drug-likeness (QED) is 0.783. The topological polar surface area (TPSA) is 61.4 Å². The zero-order chi connectivity index (χ0) is 20.2. The molecule has 5 nitrogen and oxygen atoms in total. The van der Waals surface area contributed by atoms with Crippen molar-refractivity contribution >= 4 is 23.2 Å². The van der Waals surface area contributed by atoms with Gasteiger partial charge in [-0.3, -0.25) is 9.59 Å². The normalized spacial score (nSPS) is 17.1. The molecule has 2 amide bonds. The number of piperidine rings is 1. The fourth-order valence-electron chi connectivity index (χ4n) is 3.80. The van der Waals surface area contributed by atoms with Gasteiger partial charge in [0.05, 0.1) is 12.0 Å². The summed E-state index contributed by atoms with van der Waals surface area (Å²) < 4.78 is 0. The van der Waals surface area contributed by atoms with Crippen LogP contribution in [0.4, 0.5) is 11.4 Å². The monoisotopic (exact) mass is 391 g/mol. The fourth-order valence-corrected chi connectivity index (χ4v) is 3.80. The van der Waals surface area contributed by atoms with Crippen LogP contribution in [0.1, 0.15) is 48.5 Å². The van der Waals surface area contributed by atoms with Crippen LogP contribution in [-0.4, -0.2) is 30.9 Å². The summed E-state index contributed by atoms with van der Waals surface area (Å²) >= 11 is 0.